The number of nitrogens with one attached hydrogen (secondary N) is 1. The first-order valence-corrected chi connectivity index (χ1v) is 10.5. The number of rotatable bonds is 16. The van der Waals surface area contributed by atoms with E-state index >= 15 is 0 Å². The van der Waals surface area contributed by atoms with Crippen molar-refractivity contribution in [2.45, 2.75) is 83.5 Å². The number of primary amides is 1. The van der Waals surface area contributed by atoms with Crippen molar-refractivity contribution in [3.63, 3.8) is 0 Å². The van der Waals surface area contributed by atoms with Gasteiger partial charge in [-0.15, -0.1) is 0 Å². The molecule has 0 fully saturated rings. The van der Waals surface area contributed by atoms with Gasteiger partial charge in [-0.3, -0.25) is 9.59 Å². The minimum absolute atomic E-state index is 0.0408. The van der Waals surface area contributed by atoms with E-state index in [1.807, 2.05) is 0 Å². The zero-order chi connectivity index (χ0) is 20.6. The van der Waals surface area contributed by atoms with Gasteiger partial charge < -0.3 is 21.1 Å². The number of unbranched alkanes of at least 4 members (excludes halogenated alkanes) is 10. The van der Waals surface area contributed by atoms with Crippen molar-refractivity contribution >= 4 is 30.1 Å². The Bertz CT molecular complexity index is 581. The van der Waals surface area contributed by atoms with Crippen molar-refractivity contribution in [1.29, 1.82) is 0 Å². The fourth-order valence-corrected chi connectivity index (χ4v) is 3.18. The predicted molar refractivity (Wildman–Crippen MR) is 114 cm³/mol. The average Bonchev–Trinajstić information content (AvgIpc) is 2.65. The van der Waals surface area contributed by atoms with Crippen molar-refractivity contribution < 1.29 is 19.6 Å². The Morgan fingerprint density at radius 2 is 1.32 bits per heavy atom. The molecule has 28 heavy (non-hydrogen) atoms. The van der Waals surface area contributed by atoms with Gasteiger partial charge in [-0.1, -0.05) is 69.9 Å². The lowest BCUT2D eigenvalue weighted by molar-refractivity contribution is -0.118. The lowest BCUT2D eigenvalue weighted by atomic mass is 9.80. The molecule has 1 aromatic carbocycles. The number of nitrogens with two attached hydrogens (primary N) is 1. The molecule has 0 saturated heterocycles. The first kappa shape index (κ1) is 24.2. The largest absolute Gasteiger partial charge is 0.488 e. The van der Waals surface area contributed by atoms with Crippen LogP contribution in [0.25, 0.3) is 0 Å². The molecule has 0 saturated carbocycles. The van der Waals surface area contributed by atoms with Gasteiger partial charge in [0.2, 0.25) is 11.8 Å². The molecule has 6 nitrogen and oxygen atoms in total. The number of anilines is 1. The predicted octanol–water partition coefficient (Wildman–Crippen LogP) is 2.86. The SMILES string of the molecule is NC(=O)CCCCCCCCCCCCCC(=O)Nc1cccc(B(O)O)c1. The molecule has 0 spiro atoms. The van der Waals surface area contributed by atoms with Crippen LogP contribution >= 0.6 is 0 Å². The van der Waals surface area contributed by atoms with Crippen LogP contribution in [-0.4, -0.2) is 29.0 Å². The molecule has 0 aliphatic heterocycles. The fraction of sp³-hybridized carbons (Fsp3) is 0.619. The molecule has 0 bridgehead atoms. The molecule has 156 valence electrons. The van der Waals surface area contributed by atoms with Crippen LogP contribution in [-0.2, 0) is 9.59 Å². The van der Waals surface area contributed by atoms with E-state index in [2.05, 4.69) is 5.32 Å². The lowest BCUT2D eigenvalue weighted by Crippen LogP contribution is -2.30. The van der Waals surface area contributed by atoms with Crippen LogP contribution in [0.4, 0.5) is 5.69 Å². The van der Waals surface area contributed by atoms with Crippen molar-refractivity contribution in [3.8, 4) is 0 Å². The number of carbonyl (C=O) groups is 2. The molecule has 0 heterocycles. The highest BCUT2D eigenvalue weighted by Gasteiger charge is 2.11. The normalized spacial score (nSPS) is 10.6. The molecule has 0 aliphatic rings. The second kappa shape index (κ2) is 15.1. The quantitative estimate of drug-likeness (QED) is 0.257. The van der Waals surface area contributed by atoms with Crippen LogP contribution in [0.2, 0.25) is 0 Å². The summed E-state index contributed by atoms with van der Waals surface area (Å²) in [7, 11) is -1.53. The minimum Gasteiger partial charge on any atom is -0.423 e. The Morgan fingerprint density at radius 3 is 1.82 bits per heavy atom. The Hall–Kier alpha value is -1.86. The molecule has 1 aromatic rings. The Labute approximate surface area is 169 Å². The molecular weight excluding hydrogens is 355 g/mol. The molecule has 0 atom stereocenters. The van der Waals surface area contributed by atoms with E-state index in [0.29, 0.717) is 24.0 Å². The number of carbonyl (C=O) groups excluding carboxylic acids is 2. The molecule has 7 heteroatoms. The van der Waals surface area contributed by atoms with Gasteiger partial charge in [0.25, 0.3) is 0 Å². The topological polar surface area (TPSA) is 113 Å². The summed E-state index contributed by atoms with van der Waals surface area (Å²) in [6.45, 7) is 0. The van der Waals surface area contributed by atoms with E-state index in [1.54, 1.807) is 24.3 Å². The highest BCUT2D eigenvalue weighted by atomic mass is 16.4. The van der Waals surface area contributed by atoms with Gasteiger partial charge in [-0.2, -0.15) is 0 Å². The molecule has 0 aliphatic carbocycles. The third-order valence-corrected chi connectivity index (χ3v) is 4.80. The summed E-state index contributed by atoms with van der Waals surface area (Å²) < 4.78 is 0. The van der Waals surface area contributed by atoms with Gasteiger partial charge >= 0.3 is 7.12 Å². The first-order chi connectivity index (χ1) is 13.5. The van der Waals surface area contributed by atoms with E-state index in [-0.39, 0.29) is 11.8 Å². The van der Waals surface area contributed by atoms with E-state index in [9.17, 15) is 9.59 Å². The van der Waals surface area contributed by atoms with Crippen LogP contribution < -0.4 is 16.5 Å². The van der Waals surface area contributed by atoms with Crippen LogP contribution in [0.1, 0.15) is 83.5 Å². The van der Waals surface area contributed by atoms with E-state index < -0.39 is 7.12 Å². The number of hydrogen-bond donors (Lipinski definition) is 4. The molecule has 1 rings (SSSR count). The van der Waals surface area contributed by atoms with Gasteiger partial charge in [0.15, 0.2) is 0 Å². The highest BCUT2D eigenvalue weighted by Crippen LogP contribution is 2.13. The summed E-state index contributed by atoms with van der Waals surface area (Å²) in [6, 6.07) is 6.59. The van der Waals surface area contributed by atoms with Gasteiger partial charge in [-0.05, 0) is 30.4 Å². The van der Waals surface area contributed by atoms with E-state index in [4.69, 9.17) is 15.8 Å². The zero-order valence-corrected chi connectivity index (χ0v) is 16.9. The number of hydrogen-bond acceptors (Lipinski definition) is 4. The first-order valence-electron chi connectivity index (χ1n) is 10.5. The summed E-state index contributed by atoms with van der Waals surface area (Å²) >= 11 is 0. The maximum absolute atomic E-state index is 12.0. The van der Waals surface area contributed by atoms with E-state index in [1.165, 1.54) is 38.5 Å². The standard InChI is InChI=1S/C21H35BN2O4/c23-20(25)15-10-8-6-4-2-1-3-5-7-9-11-16-21(26)24-19-14-12-13-18(17-19)22(27)28/h12-14,17,27-28H,1-11,15-16H2,(H2,23,25)(H,24,26). The lowest BCUT2D eigenvalue weighted by Gasteiger charge is -2.07. The molecule has 5 N–H and O–H groups in total. The van der Waals surface area contributed by atoms with Crippen molar-refractivity contribution in [2.75, 3.05) is 5.32 Å². The summed E-state index contributed by atoms with van der Waals surface area (Å²) in [4.78, 5) is 22.6. The Morgan fingerprint density at radius 1 is 0.821 bits per heavy atom. The third-order valence-electron chi connectivity index (χ3n) is 4.80. The second-order valence-electron chi connectivity index (χ2n) is 7.40. The molecule has 0 unspecified atom stereocenters. The van der Waals surface area contributed by atoms with Crippen molar-refractivity contribution in [1.82, 2.24) is 0 Å². The monoisotopic (exact) mass is 390 g/mol. The summed E-state index contributed by atoms with van der Waals surface area (Å²) in [6.07, 6.45) is 13.4. The van der Waals surface area contributed by atoms with Gasteiger partial charge in [0.1, 0.15) is 0 Å². The van der Waals surface area contributed by atoms with E-state index in [0.717, 1.165) is 32.1 Å². The average molecular weight is 390 g/mol. The minimum atomic E-state index is -1.53. The smallest absolute Gasteiger partial charge is 0.423 e. The zero-order valence-electron chi connectivity index (χ0n) is 16.9. The second-order valence-corrected chi connectivity index (χ2v) is 7.40. The Balaban J connectivity index is 1.94. The van der Waals surface area contributed by atoms with Crippen molar-refractivity contribution in [2.24, 2.45) is 5.73 Å². The summed E-state index contributed by atoms with van der Waals surface area (Å²) in [5.41, 5.74) is 6.06. The van der Waals surface area contributed by atoms with Gasteiger partial charge in [0.05, 0.1) is 0 Å². The molecule has 0 aromatic heterocycles. The van der Waals surface area contributed by atoms with Gasteiger partial charge in [-0.25, -0.2) is 0 Å². The molecule has 2 amide bonds. The van der Waals surface area contributed by atoms with Crippen LogP contribution in [0.5, 0.6) is 0 Å². The summed E-state index contributed by atoms with van der Waals surface area (Å²) in [5.74, 6) is -0.242. The van der Waals surface area contributed by atoms with Crippen LogP contribution in [0.15, 0.2) is 24.3 Å². The third kappa shape index (κ3) is 12.5. The van der Waals surface area contributed by atoms with Gasteiger partial charge in [0, 0.05) is 18.5 Å². The van der Waals surface area contributed by atoms with Crippen LogP contribution in [0, 0.1) is 0 Å². The molecule has 0 radical (unpaired) electrons. The van der Waals surface area contributed by atoms with Crippen LogP contribution in [0.3, 0.4) is 0 Å². The fourth-order valence-electron chi connectivity index (χ4n) is 3.18. The number of amides is 2. The Kier molecular flexibility index (Phi) is 13.1. The maximum atomic E-state index is 12.0. The molecular formula is C21H35BN2O4. The summed E-state index contributed by atoms with van der Waals surface area (Å²) in [5, 5.41) is 21.1. The highest BCUT2D eigenvalue weighted by molar-refractivity contribution is 6.58. The number of benzene rings is 1. The van der Waals surface area contributed by atoms with Crippen molar-refractivity contribution in [3.05, 3.63) is 24.3 Å². The maximum Gasteiger partial charge on any atom is 0.488 e.